The summed E-state index contributed by atoms with van der Waals surface area (Å²) in [5.41, 5.74) is 9.15. The van der Waals surface area contributed by atoms with Crippen molar-refractivity contribution < 1.29 is 0 Å². The number of nitrogens with two attached hydrogens (primary N) is 1. The highest BCUT2D eigenvalue weighted by Crippen LogP contribution is 2.28. The molecule has 2 heterocycles. The van der Waals surface area contributed by atoms with Gasteiger partial charge in [0.05, 0.1) is 0 Å². The molecule has 0 atom stereocenters. The predicted molar refractivity (Wildman–Crippen MR) is 66.8 cm³/mol. The van der Waals surface area contributed by atoms with E-state index in [1.54, 1.807) is 0 Å². The Bertz CT molecular complexity index is 352. The molecule has 2 N–H and O–H groups in total. The van der Waals surface area contributed by atoms with Gasteiger partial charge in [-0.3, -0.25) is 0 Å². The molecule has 0 spiro atoms. The summed E-state index contributed by atoms with van der Waals surface area (Å²) in [6.07, 6.45) is 3.51. The first-order valence-electron chi connectivity index (χ1n) is 5.15. The summed E-state index contributed by atoms with van der Waals surface area (Å²) in [5, 5.41) is 0. The maximum absolute atomic E-state index is 6.01. The number of hydrogen-bond acceptors (Lipinski definition) is 3. The second kappa shape index (κ2) is 4.71. The van der Waals surface area contributed by atoms with Crippen molar-refractivity contribution in [2.24, 2.45) is 0 Å². The van der Waals surface area contributed by atoms with Crippen molar-refractivity contribution in [3.05, 3.63) is 17.3 Å². The number of aryl methyl sites for hydroxylation is 1. The molecule has 0 bridgehead atoms. The molecule has 0 saturated heterocycles. The van der Waals surface area contributed by atoms with Crippen LogP contribution in [0.4, 0.5) is 11.5 Å². The van der Waals surface area contributed by atoms with Crippen molar-refractivity contribution in [2.45, 2.75) is 26.2 Å². The summed E-state index contributed by atoms with van der Waals surface area (Å²) in [4.78, 5) is 6.78. The first-order valence-corrected chi connectivity index (χ1v) is 5.15. The lowest BCUT2D eigenvalue weighted by molar-refractivity contribution is 0.749. The standard InChI is InChI=1S/C11H17N3.ClH/c1-8-7-10(12)9-5-3-4-6-14(2)11(9)13-8;/h7H,3-6H2,1-2H3,(H2,12,13);1H. The molecule has 1 aromatic heterocycles. The Labute approximate surface area is 97.1 Å². The Kier molecular flexibility index (Phi) is 3.80. The Hall–Kier alpha value is -0.960. The van der Waals surface area contributed by atoms with Crippen molar-refractivity contribution in [3.63, 3.8) is 0 Å². The highest BCUT2D eigenvalue weighted by atomic mass is 35.5. The normalized spacial score (nSPS) is 15.2. The minimum absolute atomic E-state index is 0. The molecule has 4 heteroatoms. The lowest BCUT2D eigenvalue weighted by atomic mass is 10.1. The minimum atomic E-state index is 0. The van der Waals surface area contributed by atoms with Gasteiger partial charge in [0.15, 0.2) is 0 Å². The third kappa shape index (κ3) is 2.34. The number of fused-ring (bicyclic) bond motifs is 1. The third-order valence-electron chi connectivity index (χ3n) is 2.80. The van der Waals surface area contributed by atoms with E-state index >= 15 is 0 Å². The Morgan fingerprint density at radius 2 is 2.13 bits per heavy atom. The largest absolute Gasteiger partial charge is 0.398 e. The van der Waals surface area contributed by atoms with Crippen LogP contribution in [0.15, 0.2) is 6.07 Å². The van der Waals surface area contributed by atoms with Gasteiger partial charge in [-0.25, -0.2) is 4.98 Å². The molecule has 1 aliphatic rings. The fourth-order valence-electron chi connectivity index (χ4n) is 2.04. The van der Waals surface area contributed by atoms with Gasteiger partial charge < -0.3 is 10.6 Å². The van der Waals surface area contributed by atoms with Gasteiger partial charge in [0.1, 0.15) is 5.82 Å². The molecule has 0 aliphatic carbocycles. The zero-order chi connectivity index (χ0) is 10.1. The quantitative estimate of drug-likeness (QED) is 0.739. The molecule has 0 unspecified atom stereocenters. The lowest BCUT2D eigenvalue weighted by Gasteiger charge is -2.19. The van der Waals surface area contributed by atoms with Gasteiger partial charge in [-0.2, -0.15) is 0 Å². The maximum atomic E-state index is 6.01. The summed E-state index contributed by atoms with van der Waals surface area (Å²) < 4.78 is 0. The Morgan fingerprint density at radius 1 is 1.40 bits per heavy atom. The first kappa shape index (κ1) is 12.1. The molecule has 0 aromatic carbocycles. The molecule has 84 valence electrons. The molecule has 0 saturated carbocycles. The van der Waals surface area contributed by atoms with Crippen LogP contribution in [0.2, 0.25) is 0 Å². The van der Waals surface area contributed by atoms with Crippen LogP contribution in [0.1, 0.15) is 24.1 Å². The van der Waals surface area contributed by atoms with E-state index in [4.69, 9.17) is 5.73 Å². The van der Waals surface area contributed by atoms with Crippen LogP contribution in [0.3, 0.4) is 0 Å². The Balaban J connectivity index is 0.00000112. The van der Waals surface area contributed by atoms with E-state index in [1.807, 2.05) is 13.0 Å². The fourth-order valence-corrected chi connectivity index (χ4v) is 2.04. The highest BCUT2D eigenvalue weighted by molar-refractivity contribution is 5.85. The number of halogens is 1. The van der Waals surface area contributed by atoms with E-state index in [0.29, 0.717) is 0 Å². The predicted octanol–water partition coefficient (Wildman–Crippen LogP) is 2.17. The molecular formula is C11H18ClN3. The van der Waals surface area contributed by atoms with Crippen molar-refractivity contribution in [2.75, 3.05) is 24.2 Å². The molecule has 0 radical (unpaired) electrons. The Morgan fingerprint density at radius 3 is 2.87 bits per heavy atom. The van der Waals surface area contributed by atoms with Crippen molar-refractivity contribution >= 4 is 23.9 Å². The van der Waals surface area contributed by atoms with Gasteiger partial charge in [-0.05, 0) is 32.3 Å². The molecule has 1 aromatic rings. The number of aromatic nitrogens is 1. The van der Waals surface area contributed by atoms with Crippen LogP contribution >= 0.6 is 12.4 Å². The van der Waals surface area contributed by atoms with Crippen LogP contribution in [-0.4, -0.2) is 18.6 Å². The van der Waals surface area contributed by atoms with Gasteiger partial charge >= 0.3 is 0 Å². The number of rotatable bonds is 0. The van der Waals surface area contributed by atoms with Gasteiger partial charge in [-0.1, -0.05) is 0 Å². The molecule has 0 amide bonds. The summed E-state index contributed by atoms with van der Waals surface area (Å²) in [6.45, 7) is 3.08. The van der Waals surface area contributed by atoms with Crippen LogP contribution in [-0.2, 0) is 6.42 Å². The number of pyridine rings is 1. The summed E-state index contributed by atoms with van der Waals surface area (Å²) in [5.74, 6) is 1.08. The SMILES string of the molecule is Cc1cc(N)c2c(n1)N(C)CCCC2.Cl. The number of hydrogen-bond donors (Lipinski definition) is 1. The monoisotopic (exact) mass is 227 g/mol. The number of nitrogen functional groups attached to an aromatic ring is 1. The van der Waals surface area contributed by atoms with Crippen LogP contribution in [0, 0.1) is 6.92 Å². The topological polar surface area (TPSA) is 42.1 Å². The maximum Gasteiger partial charge on any atom is 0.133 e. The first-order chi connectivity index (χ1) is 6.68. The smallest absolute Gasteiger partial charge is 0.133 e. The van der Waals surface area contributed by atoms with Crippen molar-refractivity contribution in [3.8, 4) is 0 Å². The average molecular weight is 228 g/mol. The van der Waals surface area contributed by atoms with Gasteiger partial charge in [0, 0.05) is 30.5 Å². The second-order valence-electron chi connectivity index (χ2n) is 4.03. The van der Waals surface area contributed by atoms with Gasteiger partial charge in [-0.15, -0.1) is 12.4 Å². The molecular weight excluding hydrogens is 210 g/mol. The molecule has 0 fully saturated rings. The number of nitrogens with zero attached hydrogens (tertiary/aromatic N) is 2. The van der Waals surface area contributed by atoms with Gasteiger partial charge in [0.25, 0.3) is 0 Å². The van der Waals surface area contributed by atoms with Crippen molar-refractivity contribution in [1.82, 2.24) is 4.98 Å². The van der Waals surface area contributed by atoms with Gasteiger partial charge in [0.2, 0.25) is 0 Å². The molecule has 1 aliphatic heterocycles. The van der Waals surface area contributed by atoms with E-state index in [2.05, 4.69) is 16.9 Å². The van der Waals surface area contributed by atoms with E-state index in [1.165, 1.54) is 18.4 Å². The third-order valence-corrected chi connectivity index (χ3v) is 2.80. The van der Waals surface area contributed by atoms with Crippen LogP contribution in [0.5, 0.6) is 0 Å². The fraction of sp³-hybridized carbons (Fsp3) is 0.545. The molecule has 2 rings (SSSR count). The van der Waals surface area contributed by atoms with E-state index < -0.39 is 0 Å². The highest BCUT2D eigenvalue weighted by Gasteiger charge is 2.16. The average Bonchev–Trinajstić information content (AvgIpc) is 2.29. The van der Waals surface area contributed by atoms with E-state index in [0.717, 1.165) is 30.2 Å². The summed E-state index contributed by atoms with van der Waals surface area (Å²) in [6, 6.07) is 1.97. The van der Waals surface area contributed by atoms with E-state index in [-0.39, 0.29) is 12.4 Å². The van der Waals surface area contributed by atoms with E-state index in [9.17, 15) is 0 Å². The zero-order valence-electron chi connectivity index (χ0n) is 9.29. The van der Waals surface area contributed by atoms with Crippen molar-refractivity contribution in [1.29, 1.82) is 0 Å². The number of anilines is 2. The zero-order valence-corrected chi connectivity index (χ0v) is 10.1. The molecule has 15 heavy (non-hydrogen) atoms. The second-order valence-corrected chi connectivity index (χ2v) is 4.03. The lowest BCUT2D eigenvalue weighted by Crippen LogP contribution is -2.19. The summed E-state index contributed by atoms with van der Waals surface area (Å²) in [7, 11) is 2.09. The minimum Gasteiger partial charge on any atom is -0.398 e. The van der Waals surface area contributed by atoms with Crippen LogP contribution < -0.4 is 10.6 Å². The summed E-state index contributed by atoms with van der Waals surface area (Å²) >= 11 is 0. The van der Waals surface area contributed by atoms with Crippen LogP contribution in [0.25, 0.3) is 0 Å². The molecule has 3 nitrogen and oxygen atoms in total.